The molecule has 33 heavy (non-hydrogen) atoms. The highest BCUT2D eigenvalue weighted by atomic mass is 16.6. The van der Waals surface area contributed by atoms with Crippen molar-refractivity contribution in [3.05, 3.63) is 73.8 Å². The lowest BCUT2D eigenvalue weighted by Gasteiger charge is -2.23. The zero-order valence-electron chi connectivity index (χ0n) is 19.8. The van der Waals surface area contributed by atoms with Crippen molar-refractivity contribution >= 4 is 17.4 Å². The summed E-state index contributed by atoms with van der Waals surface area (Å²) in [5, 5.41) is 23.1. The van der Waals surface area contributed by atoms with Crippen molar-refractivity contribution in [3.8, 4) is 5.69 Å². The highest BCUT2D eigenvalue weighted by Gasteiger charge is 2.27. The maximum atomic E-state index is 13.1. The number of hydrogen-bond donors (Lipinski definition) is 1. The molecule has 0 spiro atoms. The Morgan fingerprint density at radius 2 is 1.70 bits per heavy atom. The number of aryl methyl sites for hydroxylation is 1. The summed E-state index contributed by atoms with van der Waals surface area (Å²) in [7, 11) is 0. The first-order valence-electron chi connectivity index (χ1n) is 10.5. The second-order valence-corrected chi connectivity index (χ2v) is 9.86. The van der Waals surface area contributed by atoms with Gasteiger partial charge >= 0.3 is 0 Å². The molecule has 174 valence electrons. The third kappa shape index (κ3) is 4.84. The standard InChI is InChI=1S/C23H28N6O4/c1-14-12-17(30)20(26-27(14)15-10-8-9-11-16(15)29(32)33)21(31)24-19-13-18(22(2,3)4)25-28(19)23(5,6)7/h8-13H,1-7H3,(H,24,31). The van der Waals surface area contributed by atoms with Gasteiger partial charge in [0.15, 0.2) is 5.69 Å². The van der Waals surface area contributed by atoms with Crippen LogP contribution in [0.25, 0.3) is 5.69 Å². The van der Waals surface area contributed by atoms with Crippen LogP contribution < -0.4 is 10.7 Å². The molecule has 1 amide bonds. The fourth-order valence-electron chi connectivity index (χ4n) is 3.27. The second-order valence-electron chi connectivity index (χ2n) is 9.86. The van der Waals surface area contributed by atoms with E-state index < -0.39 is 21.8 Å². The molecule has 0 saturated carbocycles. The number of carbonyl (C=O) groups excluding carboxylic acids is 1. The maximum Gasteiger partial charge on any atom is 0.294 e. The van der Waals surface area contributed by atoms with Gasteiger partial charge in [-0.05, 0) is 33.8 Å². The topological polar surface area (TPSA) is 125 Å². The van der Waals surface area contributed by atoms with E-state index in [9.17, 15) is 19.7 Å². The molecule has 0 aliphatic rings. The lowest BCUT2D eigenvalue weighted by molar-refractivity contribution is -0.384. The van der Waals surface area contributed by atoms with E-state index in [1.54, 1.807) is 23.7 Å². The van der Waals surface area contributed by atoms with Crippen molar-refractivity contribution in [2.45, 2.75) is 59.4 Å². The molecule has 2 heterocycles. The van der Waals surface area contributed by atoms with Gasteiger partial charge in [0.05, 0.1) is 16.2 Å². The Labute approximate surface area is 191 Å². The van der Waals surface area contributed by atoms with Gasteiger partial charge in [0.25, 0.3) is 11.6 Å². The van der Waals surface area contributed by atoms with Crippen LogP contribution in [0.15, 0.2) is 41.2 Å². The number of rotatable bonds is 4. The van der Waals surface area contributed by atoms with Crippen molar-refractivity contribution < 1.29 is 9.72 Å². The molecule has 1 N–H and O–H groups in total. The Morgan fingerprint density at radius 3 is 2.27 bits per heavy atom. The summed E-state index contributed by atoms with van der Waals surface area (Å²) in [6.07, 6.45) is 0. The average molecular weight is 453 g/mol. The van der Waals surface area contributed by atoms with Gasteiger partial charge in [-0.1, -0.05) is 32.9 Å². The van der Waals surface area contributed by atoms with Crippen LogP contribution in [0.1, 0.15) is 63.4 Å². The first-order valence-corrected chi connectivity index (χ1v) is 10.5. The molecule has 0 aliphatic heterocycles. The highest BCUT2D eigenvalue weighted by Crippen LogP contribution is 2.28. The average Bonchev–Trinajstić information content (AvgIpc) is 3.12. The first-order chi connectivity index (χ1) is 15.2. The third-order valence-electron chi connectivity index (χ3n) is 4.98. The zero-order chi connectivity index (χ0) is 24.7. The number of nitro benzene ring substituents is 1. The number of nitrogens with zero attached hydrogens (tertiary/aromatic N) is 5. The van der Waals surface area contributed by atoms with E-state index in [4.69, 9.17) is 0 Å². The molecule has 0 aliphatic carbocycles. The Hall–Kier alpha value is -3.82. The first kappa shape index (κ1) is 23.8. The Bertz CT molecular complexity index is 1290. The summed E-state index contributed by atoms with van der Waals surface area (Å²) in [6, 6.07) is 9.02. The molecule has 10 heteroatoms. The quantitative estimate of drug-likeness (QED) is 0.472. The minimum Gasteiger partial charge on any atom is -0.305 e. The number of amides is 1. The molecule has 0 bridgehead atoms. The van der Waals surface area contributed by atoms with Crippen molar-refractivity contribution in [1.29, 1.82) is 0 Å². The van der Waals surface area contributed by atoms with Gasteiger partial charge in [-0.25, -0.2) is 9.36 Å². The number of nitro groups is 1. The van der Waals surface area contributed by atoms with E-state index in [0.717, 1.165) is 5.69 Å². The van der Waals surface area contributed by atoms with Gasteiger partial charge in [0, 0.05) is 29.3 Å². The smallest absolute Gasteiger partial charge is 0.294 e. The zero-order valence-corrected chi connectivity index (χ0v) is 19.8. The summed E-state index contributed by atoms with van der Waals surface area (Å²) >= 11 is 0. The van der Waals surface area contributed by atoms with Crippen LogP contribution >= 0.6 is 0 Å². The maximum absolute atomic E-state index is 13.1. The molecular weight excluding hydrogens is 424 g/mol. The Balaban J connectivity index is 2.09. The molecule has 0 atom stereocenters. The molecule has 2 aromatic heterocycles. The number of carbonyl (C=O) groups is 1. The molecule has 3 rings (SSSR count). The predicted molar refractivity (Wildman–Crippen MR) is 125 cm³/mol. The van der Waals surface area contributed by atoms with Crippen LogP contribution in [-0.2, 0) is 11.0 Å². The van der Waals surface area contributed by atoms with E-state index in [2.05, 4.69) is 15.5 Å². The highest BCUT2D eigenvalue weighted by molar-refractivity contribution is 6.02. The molecule has 0 radical (unpaired) electrons. The summed E-state index contributed by atoms with van der Waals surface area (Å²) < 4.78 is 2.93. The number of benzene rings is 1. The predicted octanol–water partition coefficient (Wildman–Crippen LogP) is 3.95. The number of anilines is 1. The molecule has 0 fully saturated rings. The van der Waals surface area contributed by atoms with E-state index in [0.29, 0.717) is 11.5 Å². The van der Waals surface area contributed by atoms with E-state index in [-0.39, 0.29) is 22.5 Å². The van der Waals surface area contributed by atoms with Gasteiger partial charge < -0.3 is 5.32 Å². The Morgan fingerprint density at radius 1 is 1.06 bits per heavy atom. The molecule has 3 aromatic rings. The van der Waals surface area contributed by atoms with Crippen LogP contribution in [0, 0.1) is 17.0 Å². The number of para-hydroxylation sites is 2. The SMILES string of the molecule is Cc1cc(=O)c(C(=O)Nc2cc(C(C)(C)C)nn2C(C)(C)C)nn1-c1ccccc1[N+](=O)[O-]. The van der Waals surface area contributed by atoms with E-state index in [1.807, 2.05) is 41.5 Å². The molecule has 0 saturated heterocycles. The van der Waals surface area contributed by atoms with Crippen LogP contribution in [0.4, 0.5) is 11.5 Å². The number of aromatic nitrogens is 4. The fraction of sp³-hybridized carbons (Fsp3) is 0.391. The van der Waals surface area contributed by atoms with Crippen molar-refractivity contribution in [1.82, 2.24) is 19.6 Å². The van der Waals surface area contributed by atoms with Gasteiger partial charge in [0.1, 0.15) is 11.5 Å². The molecule has 0 unspecified atom stereocenters. The van der Waals surface area contributed by atoms with Gasteiger partial charge in [-0.15, -0.1) is 0 Å². The largest absolute Gasteiger partial charge is 0.305 e. The van der Waals surface area contributed by atoms with Crippen molar-refractivity contribution in [2.75, 3.05) is 5.32 Å². The van der Waals surface area contributed by atoms with Crippen molar-refractivity contribution in [2.24, 2.45) is 0 Å². The number of hydrogen-bond acceptors (Lipinski definition) is 6. The van der Waals surface area contributed by atoms with Crippen LogP contribution in [0.2, 0.25) is 0 Å². The summed E-state index contributed by atoms with van der Waals surface area (Å²) in [4.78, 5) is 36.7. The minimum absolute atomic E-state index is 0.156. The van der Waals surface area contributed by atoms with E-state index in [1.165, 1.54) is 28.9 Å². The van der Waals surface area contributed by atoms with Gasteiger partial charge in [-0.3, -0.25) is 19.7 Å². The second kappa shape index (κ2) is 8.27. The van der Waals surface area contributed by atoms with Gasteiger partial charge in [0.2, 0.25) is 5.43 Å². The van der Waals surface area contributed by atoms with Gasteiger partial charge in [-0.2, -0.15) is 10.2 Å². The minimum atomic E-state index is -0.724. The molecule has 10 nitrogen and oxygen atoms in total. The molecular formula is C23H28N6O4. The molecule has 1 aromatic carbocycles. The van der Waals surface area contributed by atoms with Crippen molar-refractivity contribution in [3.63, 3.8) is 0 Å². The lowest BCUT2D eigenvalue weighted by atomic mass is 9.92. The van der Waals surface area contributed by atoms with E-state index >= 15 is 0 Å². The monoisotopic (exact) mass is 452 g/mol. The van der Waals surface area contributed by atoms with Crippen LogP contribution in [0.3, 0.4) is 0 Å². The Kier molecular flexibility index (Phi) is 5.97. The van der Waals surface area contributed by atoms with Crippen LogP contribution in [0.5, 0.6) is 0 Å². The third-order valence-corrected chi connectivity index (χ3v) is 4.98. The summed E-state index contributed by atoms with van der Waals surface area (Å²) in [5.74, 6) is -0.297. The fourth-order valence-corrected chi connectivity index (χ4v) is 3.27. The number of nitrogens with one attached hydrogen (secondary N) is 1. The normalized spacial score (nSPS) is 12.0. The summed E-state index contributed by atoms with van der Waals surface area (Å²) in [5.41, 5.74) is -0.542. The summed E-state index contributed by atoms with van der Waals surface area (Å²) in [6.45, 7) is 13.5. The lowest BCUT2D eigenvalue weighted by Crippen LogP contribution is -2.30. The van der Waals surface area contributed by atoms with Crippen LogP contribution in [-0.4, -0.2) is 30.4 Å².